The molecule has 24 heavy (non-hydrogen) atoms. The fourth-order valence-electron chi connectivity index (χ4n) is 1.84. The standard InChI is InChI=1S/C17H15Cl2N3O2/c1-2-16(23)21-12-6-3-5-11(9-12)17(24)22-20-10-13-14(18)7-4-8-15(13)19/h3-10H,2H2,1H3,(H,21,23)(H,22,24). The third-order valence-corrected chi connectivity index (χ3v) is 3.75. The van der Waals surface area contributed by atoms with Gasteiger partial charge in [-0.2, -0.15) is 5.10 Å². The van der Waals surface area contributed by atoms with Gasteiger partial charge in [-0.1, -0.05) is 42.3 Å². The number of carbonyl (C=O) groups excluding carboxylic acids is 2. The van der Waals surface area contributed by atoms with Gasteiger partial charge in [-0.15, -0.1) is 0 Å². The van der Waals surface area contributed by atoms with Gasteiger partial charge in [-0.25, -0.2) is 5.43 Å². The smallest absolute Gasteiger partial charge is 0.271 e. The lowest BCUT2D eigenvalue weighted by molar-refractivity contribution is -0.115. The predicted octanol–water partition coefficient (Wildman–Crippen LogP) is 4.11. The molecule has 124 valence electrons. The van der Waals surface area contributed by atoms with Crippen LogP contribution in [-0.2, 0) is 4.79 Å². The van der Waals surface area contributed by atoms with Crippen LogP contribution < -0.4 is 10.7 Å². The number of benzene rings is 2. The maximum Gasteiger partial charge on any atom is 0.271 e. The number of rotatable bonds is 5. The molecule has 2 amide bonds. The lowest BCUT2D eigenvalue weighted by Gasteiger charge is -2.06. The van der Waals surface area contributed by atoms with E-state index in [2.05, 4.69) is 15.8 Å². The average molecular weight is 364 g/mol. The topological polar surface area (TPSA) is 70.6 Å². The van der Waals surface area contributed by atoms with Gasteiger partial charge in [0.2, 0.25) is 5.91 Å². The van der Waals surface area contributed by atoms with Crippen LogP contribution in [0.4, 0.5) is 5.69 Å². The molecule has 0 spiro atoms. The van der Waals surface area contributed by atoms with Crippen LogP contribution in [0, 0.1) is 0 Å². The Balaban J connectivity index is 2.06. The normalized spacial score (nSPS) is 10.6. The van der Waals surface area contributed by atoms with E-state index in [1.54, 1.807) is 49.4 Å². The van der Waals surface area contributed by atoms with Crippen LogP contribution >= 0.6 is 23.2 Å². The minimum atomic E-state index is -0.415. The molecule has 0 bridgehead atoms. The number of hydrazone groups is 1. The van der Waals surface area contributed by atoms with Crippen molar-refractivity contribution in [3.8, 4) is 0 Å². The summed E-state index contributed by atoms with van der Waals surface area (Å²) < 4.78 is 0. The summed E-state index contributed by atoms with van der Waals surface area (Å²) in [6.07, 6.45) is 1.74. The summed E-state index contributed by atoms with van der Waals surface area (Å²) in [6, 6.07) is 11.6. The molecule has 0 saturated heterocycles. The Labute approximate surface area is 149 Å². The number of carbonyl (C=O) groups is 2. The van der Waals surface area contributed by atoms with Crippen molar-refractivity contribution >= 4 is 46.9 Å². The van der Waals surface area contributed by atoms with Crippen molar-refractivity contribution in [2.45, 2.75) is 13.3 Å². The van der Waals surface area contributed by atoms with Crippen LogP contribution in [0.2, 0.25) is 10.0 Å². The number of hydrogen-bond acceptors (Lipinski definition) is 3. The molecule has 2 N–H and O–H groups in total. The van der Waals surface area contributed by atoms with Gasteiger partial charge in [0.1, 0.15) is 0 Å². The van der Waals surface area contributed by atoms with Crippen LogP contribution in [-0.4, -0.2) is 18.0 Å². The molecule has 0 aliphatic rings. The fraction of sp³-hybridized carbons (Fsp3) is 0.118. The fourth-order valence-corrected chi connectivity index (χ4v) is 2.34. The van der Waals surface area contributed by atoms with E-state index in [0.29, 0.717) is 33.3 Å². The summed E-state index contributed by atoms with van der Waals surface area (Å²) in [5.74, 6) is -0.541. The molecule has 0 fully saturated rings. The van der Waals surface area contributed by atoms with E-state index in [4.69, 9.17) is 23.2 Å². The van der Waals surface area contributed by atoms with Crippen molar-refractivity contribution in [1.82, 2.24) is 5.43 Å². The van der Waals surface area contributed by atoms with Gasteiger partial charge in [0.15, 0.2) is 0 Å². The molecule has 0 radical (unpaired) electrons. The number of anilines is 1. The monoisotopic (exact) mass is 363 g/mol. The molecule has 5 nitrogen and oxygen atoms in total. The van der Waals surface area contributed by atoms with E-state index < -0.39 is 5.91 Å². The molecule has 2 aromatic carbocycles. The van der Waals surface area contributed by atoms with Gasteiger partial charge in [-0.05, 0) is 30.3 Å². The van der Waals surface area contributed by atoms with E-state index in [-0.39, 0.29) is 5.91 Å². The van der Waals surface area contributed by atoms with Crippen LogP contribution in [0.25, 0.3) is 0 Å². The van der Waals surface area contributed by atoms with E-state index >= 15 is 0 Å². The molecule has 0 unspecified atom stereocenters. The van der Waals surface area contributed by atoms with Gasteiger partial charge in [0.25, 0.3) is 5.91 Å². The highest BCUT2D eigenvalue weighted by molar-refractivity contribution is 6.38. The molecule has 2 aromatic rings. The predicted molar refractivity (Wildman–Crippen MR) is 96.9 cm³/mol. The zero-order valence-electron chi connectivity index (χ0n) is 12.8. The lowest BCUT2D eigenvalue weighted by atomic mass is 10.2. The van der Waals surface area contributed by atoms with Crippen molar-refractivity contribution in [3.05, 3.63) is 63.6 Å². The Kier molecular flexibility index (Phi) is 6.35. The first-order valence-electron chi connectivity index (χ1n) is 7.18. The van der Waals surface area contributed by atoms with Gasteiger partial charge in [-0.3, -0.25) is 9.59 Å². The lowest BCUT2D eigenvalue weighted by Crippen LogP contribution is -2.18. The molecule has 0 saturated carbocycles. The molecule has 0 aliphatic carbocycles. The van der Waals surface area contributed by atoms with Crippen molar-refractivity contribution in [1.29, 1.82) is 0 Å². The van der Waals surface area contributed by atoms with Crippen LogP contribution in [0.5, 0.6) is 0 Å². The molecule has 2 rings (SSSR count). The van der Waals surface area contributed by atoms with E-state index in [1.165, 1.54) is 6.21 Å². The van der Waals surface area contributed by atoms with Crippen molar-refractivity contribution in [2.75, 3.05) is 5.32 Å². The molecule has 0 heterocycles. The van der Waals surface area contributed by atoms with Gasteiger partial charge in [0, 0.05) is 23.2 Å². The first-order chi connectivity index (χ1) is 11.5. The Hall–Kier alpha value is -2.37. The van der Waals surface area contributed by atoms with Gasteiger partial charge < -0.3 is 5.32 Å². The first-order valence-corrected chi connectivity index (χ1v) is 7.94. The second-order valence-electron chi connectivity index (χ2n) is 4.82. The minimum Gasteiger partial charge on any atom is -0.326 e. The summed E-state index contributed by atoms with van der Waals surface area (Å²) in [6.45, 7) is 1.75. The molecule has 0 aliphatic heterocycles. The largest absolute Gasteiger partial charge is 0.326 e. The van der Waals surface area contributed by atoms with Crippen molar-refractivity contribution < 1.29 is 9.59 Å². The molecule has 0 aromatic heterocycles. The minimum absolute atomic E-state index is 0.126. The highest BCUT2D eigenvalue weighted by Gasteiger charge is 2.07. The zero-order valence-corrected chi connectivity index (χ0v) is 14.4. The van der Waals surface area contributed by atoms with Crippen molar-refractivity contribution in [2.24, 2.45) is 5.10 Å². The van der Waals surface area contributed by atoms with Crippen molar-refractivity contribution in [3.63, 3.8) is 0 Å². The summed E-state index contributed by atoms with van der Waals surface area (Å²) in [5.41, 5.74) is 3.83. The molecule has 0 atom stereocenters. The van der Waals surface area contributed by atoms with E-state index in [0.717, 1.165) is 0 Å². The quantitative estimate of drug-likeness (QED) is 0.619. The van der Waals surface area contributed by atoms with Gasteiger partial charge in [0.05, 0.1) is 16.3 Å². The number of amides is 2. The zero-order chi connectivity index (χ0) is 17.5. The number of nitrogens with one attached hydrogen (secondary N) is 2. The van der Waals surface area contributed by atoms with Crippen LogP contribution in [0.1, 0.15) is 29.3 Å². The summed E-state index contributed by atoms with van der Waals surface area (Å²) in [7, 11) is 0. The maximum absolute atomic E-state index is 12.1. The Morgan fingerprint density at radius 3 is 2.46 bits per heavy atom. The van der Waals surface area contributed by atoms with E-state index in [9.17, 15) is 9.59 Å². The second-order valence-corrected chi connectivity index (χ2v) is 5.63. The number of hydrogen-bond donors (Lipinski definition) is 2. The Morgan fingerprint density at radius 1 is 1.12 bits per heavy atom. The Bertz CT molecular complexity index is 771. The average Bonchev–Trinajstić information content (AvgIpc) is 2.57. The SMILES string of the molecule is CCC(=O)Nc1cccc(C(=O)NN=Cc2c(Cl)cccc2Cl)c1. The van der Waals surface area contributed by atoms with Crippen LogP contribution in [0.3, 0.4) is 0 Å². The summed E-state index contributed by atoms with van der Waals surface area (Å²) in [4.78, 5) is 23.5. The highest BCUT2D eigenvalue weighted by Crippen LogP contribution is 2.22. The number of nitrogens with zero attached hydrogens (tertiary/aromatic N) is 1. The molecular weight excluding hydrogens is 349 g/mol. The van der Waals surface area contributed by atoms with E-state index in [1.807, 2.05) is 0 Å². The summed E-state index contributed by atoms with van der Waals surface area (Å²) in [5, 5.41) is 7.43. The van der Waals surface area contributed by atoms with Gasteiger partial charge >= 0.3 is 0 Å². The third-order valence-electron chi connectivity index (χ3n) is 3.09. The maximum atomic E-state index is 12.1. The third kappa shape index (κ3) is 4.81. The second kappa shape index (κ2) is 8.47. The Morgan fingerprint density at radius 2 is 1.79 bits per heavy atom. The number of halogens is 2. The first kappa shape index (κ1) is 18.0. The molecule has 7 heteroatoms. The van der Waals surface area contributed by atoms with Crippen LogP contribution in [0.15, 0.2) is 47.6 Å². The summed E-state index contributed by atoms with van der Waals surface area (Å²) >= 11 is 12.0. The highest BCUT2D eigenvalue weighted by atomic mass is 35.5. The molecular formula is C17H15Cl2N3O2.